The third-order valence-corrected chi connectivity index (χ3v) is 5.94. The number of imidazole rings is 1. The molecule has 0 amide bonds. The van der Waals surface area contributed by atoms with E-state index in [9.17, 15) is 14.4 Å². The van der Waals surface area contributed by atoms with Crippen LogP contribution in [0.15, 0.2) is 33.9 Å². The van der Waals surface area contributed by atoms with E-state index in [1.807, 2.05) is 0 Å². The van der Waals surface area contributed by atoms with E-state index >= 15 is 0 Å². The number of methoxy groups -OCH3 is 1. The van der Waals surface area contributed by atoms with Crippen molar-refractivity contribution in [2.24, 2.45) is 14.1 Å². The zero-order chi connectivity index (χ0) is 22.3. The molecular weight excluding hydrogens is 400 g/mol. The van der Waals surface area contributed by atoms with Gasteiger partial charge in [-0.25, -0.2) is 4.79 Å². The van der Waals surface area contributed by atoms with E-state index in [2.05, 4.69) is 16.9 Å². The highest BCUT2D eigenvalue weighted by molar-refractivity contribution is 5.97. The molecular formula is C21H27N6O4+. The second-order valence-electron chi connectivity index (χ2n) is 7.97. The summed E-state index contributed by atoms with van der Waals surface area (Å²) in [5, 5.41) is 0. The lowest BCUT2D eigenvalue weighted by molar-refractivity contribution is -0.880. The number of hydrogen-bond acceptors (Lipinski definition) is 6. The van der Waals surface area contributed by atoms with Gasteiger partial charge in [-0.05, 0) is 24.3 Å². The van der Waals surface area contributed by atoms with Gasteiger partial charge in [0.1, 0.15) is 5.75 Å². The lowest BCUT2D eigenvalue weighted by atomic mass is 10.1. The van der Waals surface area contributed by atoms with E-state index in [0.717, 1.165) is 30.7 Å². The Hall–Kier alpha value is -3.40. The van der Waals surface area contributed by atoms with Crippen LogP contribution in [0, 0.1) is 0 Å². The Balaban J connectivity index is 1.84. The number of likely N-dealkylation sites (N-methyl/N-ethyl adjacent to an activating group) is 1. The van der Waals surface area contributed by atoms with Crippen LogP contribution in [-0.2, 0) is 20.6 Å². The molecule has 2 aromatic heterocycles. The fourth-order valence-corrected chi connectivity index (χ4v) is 3.93. The van der Waals surface area contributed by atoms with Crippen LogP contribution in [0.5, 0.6) is 5.75 Å². The van der Waals surface area contributed by atoms with Gasteiger partial charge in [-0.3, -0.25) is 23.3 Å². The van der Waals surface area contributed by atoms with Gasteiger partial charge in [0.2, 0.25) is 5.95 Å². The molecule has 0 radical (unpaired) electrons. The van der Waals surface area contributed by atoms with E-state index in [1.165, 1.54) is 16.5 Å². The third kappa shape index (κ3) is 3.63. The predicted octanol–water partition coefficient (Wildman–Crippen LogP) is -1.34. The van der Waals surface area contributed by atoms with Crippen molar-refractivity contribution in [1.82, 2.24) is 18.7 Å². The second-order valence-corrected chi connectivity index (χ2v) is 7.97. The van der Waals surface area contributed by atoms with Crippen molar-refractivity contribution in [2.45, 2.75) is 6.54 Å². The standard InChI is InChI=1S/C21H26N6O4/c1-23-9-11-26(12-10-23)20-22-18-17(19(29)25(3)21(30)24(18)2)27(20)13-16(28)14-5-7-15(31-4)8-6-14/h5-8H,9-13H2,1-4H3/p+1. The van der Waals surface area contributed by atoms with Crippen LogP contribution in [0.2, 0.25) is 0 Å². The number of aromatic nitrogens is 4. The fourth-order valence-electron chi connectivity index (χ4n) is 3.93. The topological polar surface area (TPSA) is 95.8 Å². The van der Waals surface area contributed by atoms with Crippen LogP contribution in [0.1, 0.15) is 10.4 Å². The van der Waals surface area contributed by atoms with Crippen molar-refractivity contribution in [2.75, 3.05) is 45.2 Å². The molecule has 3 heterocycles. The van der Waals surface area contributed by atoms with E-state index in [-0.39, 0.29) is 23.5 Å². The molecule has 0 aliphatic carbocycles. The molecule has 1 aromatic carbocycles. The lowest BCUT2D eigenvalue weighted by Gasteiger charge is -2.31. The van der Waals surface area contributed by atoms with Crippen LogP contribution < -0.4 is 25.8 Å². The molecule has 1 N–H and O–H groups in total. The molecule has 31 heavy (non-hydrogen) atoms. The molecule has 0 spiro atoms. The maximum Gasteiger partial charge on any atom is 0.332 e. The highest BCUT2D eigenvalue weighted by Gasteiger charge is 2.27. The first kappa shape index (κ1) is 20.9. The van der Waals surface area contributed by atoms with Gasteiger partial charge >= 0.3 is 5.69 Å². The van der Waals surface area contributed by atoms with Crippen molar-refractivity contribution in [1.29, 1.82) is 0 Å². The van der Waals surface area contributed by atoms with E-state index < -0.39 is 11.2 Å². The molecule has 10 nitrogen and oxygen atoms in total. The highest BCUT2D eigenvalue weighted by Crippen LogP contribution is 2.21. The van der Waals surface area contributed by atoms with Crippen molar-refractivity contribution in [3.05, 3.63) is 50.7 Å². The average molecular weight is 427 g/mol. The van der Waals surface area contributed by atoms with Gasteiger partial charge in [-0.1, -0.05) is 0 Å². The molecule has 0 saturated carbocycles. The minimum absolute atomic E-state index is 0.0508. The first-order chi connectivity index (χ1) is 14.8. The smallest absolute Gasteiger partial charge is 0.332 e. The maximum absolute atomic E-state index is 13.1. The van der Waals surface area contributed by atoms with Crippen LogP contribution in [-0.4, -0.2) is 64.8 Å². The lowest BCUT2D eigenvalue weighted by Crippen LogP contribution is -3.12. The van der Waals surface area contributed by atoms with Crippen molar-refractivity contribution in [3.8, 4) is 5.75 Å². The van der Waals surface area contributed by atoms with Crippen LogP contribution in [0.4, 0.5) is 5.95 Å². The minimum Gasteiger partial charge on any atom is -0.497 e. The number of fused-ring (bicyclic) bond motifs is 1. The van der Waals surface area contributed by atoms with E-state index in [0.29, 0.717) is 17.3 Å². The number of rotatable bonds is 5. The molecule has 1 fully saturated rings. The Morgan fingerprint density at radius 3 is 2.35 bits per heavy atom. The summed E-state index contributed by atoms with van der Waals surface area (Å²) in [4.78, 5) is 46.7. The van der Waals surface area contributed by atoms with Crippen molar-refractivity contribution in [3.63, 3.8) is 0 Å². The molecule has 0 bridgehead atoms. The zero-order valence-corrected chi connectivity index (χ0v) is 18.2. The number of ketones is 1. The van der Waals surface area contributed by atoms with Gasteiger partial charge in [0.15, 0.2) is 16.9 Å². The number of nitrogens with zero attached hydrogens (tertiary/aromatic N) is 5. The third-order valence-electron chi connectivity index (χ3n) is 5.94. The Morgan fingerprint density at radius 2 is 1.74 bits per heavy atom. The number of anilines is 1. The number of carbonyl (C=O) groups is 1. The molecule has 0 unspecified atom stereocenters. The first-order valence-electron chi connectivity index (χ1n) is 10.2. The SMILES string of the molecule is COc1ccc(C(=O)Cn2c(N3CC[NH+](C)CC3)nc3c2c(=O)n(C)c(=O)n3C)cc1. The van der Waals surface area contributed by atoms with Gasteiger partial charge < -0.3 is 14.5 Å². The number of quaternary nitrogens is 1. The van der Waals surface area contributed by atoms with Crippen LogP contribution >= 0.6 is 0 Å². The Kier molecular flexibility index (Phi) is 5.40. The monoisotopic (exact) mass is 427 g/mol. The zero-order valence-electron chi connectivity index (χ0n) is 18.2. The van der Waals surface area contributed by atoms with Gasteiger partial charge in [-0.2, -0.15) is 4.98 Å². The molecule has 10 heteroatoms. The van der Waals surface area contributed by atoms with Gasteiger partial charge in [0.25, 0.3) is 5.56 Å². The summed E-state index contributed by atoms with van der Waals surface area (Å²) < 4.78 is 9.23. The first-order valence-corrected chi connectivity index (χ1v) is 10.2. The van der Waals surface area contributed by atoms with E-state index in [1.54, 1.807) is 43.0 Å². The predicted molar refractivity (Wildman–Crippen MR) is 116 cm³/mol. The number of ether oxygens (including phenoxy) is 1. The summed E-state index contributed by atoms with van der Waals surface area (Å²) in [6, 6.07) is 6.86. The number of Topliss-reactive ketones (excluding diaryl/α,β-unsaturated/α-hetero) is 1. The fraction of sp³-hybridized carbons (Fsp3) is 0.429. The second kappa shape index (κ2) is 8.03. The Labute approximate surface area is 178 Å². The molecule has 1 aliphatic rings. The van der Waals surface area contributed by atoms with E-state index in [4.69, 9.17) is 4.74 Å². The summed E-state index contributed by atoms with van der Waals surface area (Å²) in [6.07, 6.45) is 0. The Bertz CT molecular complexity index is 1250. The van der Waals surface area contributed by atoms with Crippen LogP contribution in [0.25, 0.3) is 11.2 Å². The van der Waals surface area contributed by atoms with Crippen molar-refractivity contribution < 1.29 is 14.4 Å². The van der Waals surface area contributed by atoms with Gasteiger partial charge in [0, 0.05) is 19.7 Å². The largest absolute Gasteiger partial charge is 0.497 e. The number of aryl methyl sites for hydroxylation is 1. The number of piperazine rings is 1. The Morgan fingerprint density at radius 1 is 1.10 bits per heavy atom. The summed E-state index contributed by atoms with van der Waals surface area (Å²) in [5.74, 6) is 1.05. The summed E-state index contributed by atoms with van der Waals surface area (Å²) in [5.41, 5.74) is 0.153. The summed E-state index contributed by atoms with van der Waals surface area (Å²) in [6.45, 7) is 3.30. The summed E-state index contributed by atoms with van der Waals surface area (Å²) in [7, 11) is 6.72. The molecule has 1 aliphatic heterocycles. The van der Waals surface area contributed by atoms with Gasteiger partial charge in [0.05, 0.1) is 46.9 Å². The van der Waals surface area contributed by atoms with Gasteiger partial charge in [-0.15, -0.1) is 0 Å². The highest BCUT2D eigenvalue weighted by atomic mass is 16.5. The number of carbonyl (C=O) groups excluding carboxylic acids is 1. The number of nitrogens with one attached hydrogen (secondary N) is 1. The van der Waals surface area contributed by atoms with Crippen molar-refractivity contribution >= 4 is 22.9 Å². The molecule has 0 atom stereocenters. The quantitative estimate of drug-likeness (QED) is 0.507. The molecule has 164 valence electrons. The average Bonchev–Trinajstić information content (AvgIpc) is 3.16. The minimum atomic E-state index is -0.459. The maximum atomic E-state index is 13.1. The molecule has 3 aromatic rings. The molecule has 4 rings (SSSR count). The molecule has 1 saturated heterocycles. The normalized spacial score (nSPS) is 14.9. The summed E-state index contributed by atoms with van der Waals surface area (Å²) >= 11 is 0. The number of hydrogen-bond donors (Lipinski definition) is 1. The number of benzene rings is 1. The van der Waals surface area contributed by atoms with Crippen LogP contribution in [0.3, 0.4) is 0 Å².